The number of aryl methyl sites for hydroxylation is 2. The second-order valence-electron chi connectivity index (χ2n) is 10.7. The van der Waals surface area contributed by atoms with Crippen LogP contribution in [0.15, 0.2) is 77.7 Å². The summed E-state index contributed by atoms with van der Waals surface area (Å²) in [7, 11) is -4.13. The topological polar surface area (TPSA) is 86.8 Å². The van der Waals surface area contributed by atoms with Crippen LogP contribution < -0.4 is 9.62 Å². The molecule has 3 aromatic carbocycles. The van der Waals surface area contributed by atoms with Gasteiger partial charge in [0.15, 0.2) is 0 Å². The van der Waals surface area contributed by atoms with E-state index in [0.29, 0.717) is 16.3 Å². The van der Waals surface area contributed by atoms with Gasteiger partial charge in [0, 0.05) is 17.1 Å². The Kier molecular flexibility index (Phi) is 9.46. The van der Waals surface area contributed by atoms with Crippen LogP contribution >= 0.6 is 11.6 Å². The lowest BCUT2D eigenvalue weighted by molar-refractivity contribution is -0.140. The van der Waals surface area contributed by atoms with Crippen molar-refractivity contribution in [3.05, 3.63) is 94.5 Å². The van der Waals surface area contributed by atoms with Crippen molar-refractivity contribution >= 4 is 39.1 Å². The maximum atomic E-state index is 14.0. The first-order valence-corrected chi connectivity index (χ1v) is 14.5. The van der Waals surface area contributed by atoms with E-state index in [1.54, 1.807) is 50.2 Å². The molecular weight excluding hydrogens is 534 g/mol. The van der Waals surface area contributed by atoms with Crippen molar-refractivity contribution in [2.45, 2.75) is 64.6 Å². The van der Waals surface area contributed by atoms with Crippen LogP contribution in [0.2, 0.25) is 5.02 Å². The normalized spacial score (nSPS) is 12.5. The largest absolute Gasteiger partial charge is 0.350 e. The molecule has 1 N–H and O–H groups in total. The first-order chi connectivity index (χ1) is 18.2. The first kappa shape index (κ1) is 30.2. The molecular formula is C30H36ClN3O4S. The molecule has 0 spiro atoms. The zero-order chi connectivity index (χ0) is 29.0. The molecule has 0 bridgehead atoms. The average molecular weight is 570 g/mol. The Morgan fingerprint density at radius 1 is 0.949 bits per heavy atom. The number of nitrogens with one attached hydrogen (secondary N) is 1. The molecule has 0 saturated heterocycles. The molecule has 39 heavy (non-hydrogen) atoms. The standard InChI is InChI=1S/C30H36ClN3O4S/c1-21-11-10-12-24(17-21)19-33(23(3)29(36)32-30(4,5)6)28(35)20-34(27-16-15-25(31)18-22(27)2)39(37,38)26-13-8-7-9-14-26/h7-18,23H,19-20H2,1-6H3,(H,32,36)/t23-/m0/s1. The predicted octanol–water partition coefficient (Wildman–Crippen LogP) is 5.48. The molecule has 0 aliphatic carbocycles. The molecule has 208 valence electrons. The van der Waals surface area contributed by atoms with Gasteiger partial charge in [-0.1, -0.05) is 59.6 Å². The maximum absolute atomic E-state index is 14.0. The highest BCUT2D eigenvalue weighted by atomic mass is 35.5. The van der Waals surface area contributed by atoms with E-state index in [1.165, 1.54) is 17.0 Å². The van der Waals surface area contributed by atoms with Crippen molar-refractivity contribution in [3.8, 4) is 0 Å². The van der Waals surface area contributed by atoms with Gasteiger partial charge >= 0.3 is 0 Å². The van der Waals surface area contributed by atoms with Crippen LogP contribution in [-0.4, -0.2) is 43.3 Å². The summed E-state index contributed by atoms with van der Waals surface area (Å²) in [4.78, 5) is 28.7. The van der Waals surface area contributed by atoms with Crippen LogP contribution in [0.1, 0.15) is 44.4 Å². The van der Waals surface area contributed by atoms with Crippen molar-refractivity contribution in [1.82, 2.24) is 10.2 Å². The van der Waals surface area contributed by atoms with Crippen molar-refractivity contribution in [2.24, 2.45) is 0 Å². The number of rotatable bonds is 9. The minimum atomic E-state index is -4.13. The van der Waals surface area contributed by atoms with Crippen LogP contribution in [0.4, 0.5) is 5.69 Å². The molecule has 0 heterocycles. The maximum Gasteiger partial charge on any atom is 0.264 e. The summed E-state index contributed by atoms with van der Waals surface area (Å²) in [5, 5.41) is 3.38. The van der Waals surface area contributed by atoms with Crippen molar-refractivity contribution < 1.29 is 18.0 Å². The smallest absolute Gasteiger partial charge is 0.264 e. The van der Waals surface area contributed by atoms with Gasteiger partial charge in [-0.3, -0.25) is 13.9 Å². The number of halogens is 1. The molecule has 2 amide bonds. The quantitative estimate of drug-likeness (QED) is 0.369. The fourth-order valence-corrected chi connectivity index (χ4v) is 5.92. The van der Waals surface area contributed by atoms with E-state index in [1.807, 2.05) is 52.0 Å². The number of nitrogens with zero attached hydrogens (tertiary/aromatic N) is 2. The fourth-order valence-electron chi connectivity index (χ4n) is 4.20. The number of benzene rings is 3. The van der Waals surface area contributed by atoms with Gasteiger partial charge in [-0.2, -0.15) is 0 Å². The third-order valence-electron chi connectivity index (χ3n) is 6.14. The molecule has 1 atom stereocenters. The number of carbonyl (C=O) groups excluding carboxylic acids is 2. The monoisotopic (exact) mass is 569 g/mol. The summed E-state index contributed by atoms with van der Waals surface area (Å²) in [6.07, 6.45) is 0. The second-order valence-corrected chi connectivity index (χ2v) is 13.0. The number of anilines is 1. The van der Waals surface area contributed by atoms with Crippen LogP contribution in [0.5, 0.6) is 0 Å². The third kappa shape index (κ3) is 7.83. The van der Waals surface area contributed by atoms with E-state index in [9.17, 15) is 18.0 Å². The van der Waals surface area contributed by atoms with Crippen LogP contribution in [0, 0.1) is 13.8 Å². The highest BCUT2D eigenvalue weighted by Gasteiger charge is 2.33. The van der Waals surface area contributed by atoms with E-state index < -0.39 is 34.1 Å². The molecule has 0 saturated carbocycles. The predicted molar refractivity (Wildman–Crippen MR) is 156 cm³/mol. The summed E-state index contributed by atoms with van der Waals surface area (Å²) in [6.45, 7) is 10.6. The SMILES string of the molecule is Cc1cccc(CN(C(=O)CN(c2ccc(Cl)cc2C)S(=O)(=O)c2ccccc2)[C@@H](C)C(=O)NC(C)(C)C)c1. The Balaban J connectivity index is 2.06. The van der Waals surface area contributed by atoms with Crippen molar-refractivity contribution in [3.63, 3.8) is 0 Å². The Hall–Kier alpha value is -3.36. The van der Waals surface area contributed by atoms with Crippen molar-refractivity contribution in [1.29, 1.82) is 0 Å². The van der Waals surface area contributed by atoms with Crippen LogP contribution in [0.3, 0.4) is 0 Å². The van der Waals surface area contributed by atoms with Gasteiger partial charge in [-0.25, -0.2) is 8.42 Å². The highest BCUT2D eigenvalue weighted by Crippen LogP contribution is 2.29. The molecule has 0 aromatic heterocycles. The van der Waals surface area contributed by atoms with Gasteiger partial charge in [0.2, 0.25) is 11.8 Å². The van der Waals surface area contributed by atoms with Crippen LogP contribution in [0.25, 0.3) is 0 Å². The number of carbonyl (C=O) groups is 2. The van der Waals surface area contributed by atoms with Gasteiger partial charge in [0.1, 0.15) is 12.6 Å². The second kappa shape index (κ2) is 12.2. The van der Waals surface area contributed by atoms with E-state index in [4.69, 9.17) is 11.6 Å². The number of amides is 2. The molecule has 0 fully saturated rings. The fraction of sp³-hybridized carbons (Fsp3) is 0.333. The molecule has 7 nitrogen and oxygen atoms in total. The summed E-state index contributed by atoms with van der Waals surface area (Å²) in [6, 6.07) is 19.6. The van der Waals surface area contributed by atoms with Crippen molar-refractivity contribution in [2.75, 3.05) is 10.8 Å². The van der Waals surface area contributed by atoms with Gasteiger partial charge in [0.25, 0.3) is 10.0 Å². The third-order valence-corrected chi connectivity index (χ3v) is 8.15. The Labute approximate surface area is 236 Å². The lowest BCUT2D eigenvalue weighted by Gasteiger charge is -2.34. The molecule has 0 aliphatic heterocycles. The van der Waals surface area contributed by atoms with Gasteiger partial charge in [-0.15, -0.1) is 0 Å². The minimum Gasteiger partial charge on any atom is -0.350 e. The lowest BCUT2D eigenvalue weighted by Crippen LogP contribution is -2.54. The van der Waals surface area contributed by atoms with Gasteiger partial charge < -0.3 is 10.2 Å². The van der Waals surface area contributed by atoms with E-state index in [-0.39, 0.29) is 17.3 Å². The van der Waals surface area contributed by atoms with E-state index in [2.05, 4.69) is 5.32 Å². The summed E-state index contributed by atoms with van der Waals surface area (Å²) in [5.74, 6) is -0.842. The lowest BCUT2D eigenvalue weighted by atomic mass is 10.1. The molecule has 9 heteroatoms. The molecule has 3 rings (SSSR count). The zero-order valence-electron chi connectivity index (χ0n) is 23.2. The average Bonchev–Trinajstić information content (AvgIpc) is 2.85. The van der Waals surface area contributed by atoms with Crippen LogP contribution in [-0.2, 0) is 26.2 Å². The summed E-state index contributed by atoms with van der Waals surface area (Å²) < 4.78 is 28.8. The highest BCUT2D eigenvalue weighted by molar-refractivity contribution is 7.92. The van der Waals surface area contributed by atoms with Gasteiger partial charge in [0.05, 0.1) is 10.6 Å². The molecule has 3 aromatic rings. The summed E-state index contributed by atoms with van der Waals surface area (Å²) >= 11 is 6.15. The summed E-state index contributed by atoms with van der Waals surface area (Å²) in [5.41, 5.74) is 2.26. The number of hydrogen-bond donors (Lipinski definition) is 1. The van der Waals surface area contributed by atoms with E-state index >= 15 is 0 Å². The molecule has 0 radical (unpaired) electrons. The number of sulfonamides is 1. The molecule has 0 aliphatic rings. The Morgan fingerprint density at radius 3 is 2.21 bits per heavy atom. The Morgan fingerprint density at radius 2 is 1.62 bits per heavy atom. The molecule has 0 unspecified atom stereocenters. The Bertz CT molecular complexity index is 1440. The van der Waals surface area contributed by atoms with E-state index in [0.717, 1.165) is 15.4 Å². The number of hydrogen-bond acceptors (Lipinski definition) is 4. The van der Waals surface area contributed by atoms with Gasteiger partial charge in [-0.05, 0) is 83.0 Å². The minimum absolute atomic E-state index is 0.0518. The zero-order valence-corrected chi connectivity index (χ0v) is 24.8. The first-order valence-electron chi connectivity index (χ1n) is 12.7.